The molecule has 3 heteroatoms. The molecule has 0 fully saturated rings. The van der Waals surface area contributed by atoms with E-state index in [0.29, 0.717) is 6.42 Å². The van der Waals surface area contributed by atoms with Crippen molar-refractivity contribution in [1.82, 2.24) is 5.32 Å². The topological polar surface area (TPSA) is 38.3 Å². The minimum absolute atomic E-state index is 0.159. The fourth-order valence-corrected chi connectivity index (χ4v) is 1.75. The molecule has 1 atom stereocenters. The zero-order valence-corrected chi connectivity index (χ0v) is 10.8. The first-order valence-electron chi connectivity index (χ1n) is 5.98. The van der Waals surface area contributed by atoms with Crippen LogP contribution in [0.25, 0.3) is 0 Å². The van der Waals surface area contributed by atoms with E-state index in [2.05, 4.69) is 35.2 Å². The number of ether oxygens (including phenoxy) is 1. The van der Waals surface area contributed by atoms with Gasteiger partial charge >= 0.3 is 5.97 Å². The van der Waals surface area contributed by atoms with Crippen molar-refractivity contribution in [3.05, 3.63) is 35.4 Å². The van der Waals surface area contributed by atoms with E-state index in [1.807, 2.05) is 13.0 Å². The number of hydrogen-bond donors (Lipinski definition) is 1. The van der Waals surface area contributed by atoms with Gasteiger partial charge in [0.1, 0.15) is 0 Å². The highest BCUT2D eigenvalue weighted by Crippen LogP contribution is 2.07. The van der Waals surface area contributed by atoms with Gasteiger partial charge in [0.25, 0.3) is 0 Å². The van der Waals surface area contributed by atoms with Gasteiger partial charge in [-0.25, -0.2) is 0 Å². The highest BCUT2D eigenvalue weighted by atomic mass is 16.5. The van der Waals surface area contributed by atoms with E-state index in [4.69, 9.17) is 0 Å². The van der Waals surface area contributed by atoms with Crippen molar-refractivity contribution in [2.45, 2.75) is 32.7 Å². The number of carbonyl (C=O) groups is 1. The van der Waals surface area contributed by atoms with Crippen LogP contribution in [0.5, 0.6) is 0 Å². The number of benzene rings is 1. The van der Waals surface area contributed by atoms with Crippen molar-refractivity contribution >= 4 is 5.97 Å². The second kappa shape index (κ2) is 7.07. The molecule has 0 aliphatic carbocycles. The lowest BCUT2D eigenvalue weighted by Crippen LogP contribution is -2.30. The predicted molar refractivity (Wildman–Crippen MR) is 69.0 cm³/mol. The third-order valence-electron chi connectivity index (χ3n) is 2.85. The Morgan fingerprint density at radius 2 is 2.12 bits per heavy atom. The number of nitrogens with one attached hydrogen (secondary N) is 1. The summed E-state index contributed by atoms with van der Waals surface area (Å²) in [7, 11) is 1.42. The minimum atomic E-state index is -0.166. The molecule has 0 heterocycles. The molecule has 0 aliphatic rings. The lowest BCUT2D eigenvalue weighted by molar-refractivity contribution is -0.141. The molecule has 0 amide bonds. The fourth-order valence-electron chi connectivity index (χ4n) is 1.75. The summed E-state index contributed by atoms with van der Waals surface area (Å²) < 4.78 is 4.63. The Labute approximate surface area is 103 Å². The van der Waals surface area contributed by atoms with Gasteiger partial charge in [-0.15, -0.1) is 0 Å². The molecule has 0 aromatic heterocycles. The van der Waals surface area contributed by atoms with Gasteiger partial charge in [-0.05, 0) is 37.9 Å². The highest BCUT2D eigenvalue weighted by molar-refractivity contribution is 5.69. The summed E-state index contributed by atoms with van der Waals surface area (Å²) in [5, 5.41) is 3.32. The smallest absolute Gasteiger partial charge is 0.307 e. The number of aryl methyl sites for hydroxylation is 1. The molecule has 0 saturated heterocycles. The van der Waals surface area contributed by atoms with Gasteiger partial charge in [-0.2, -0.15) is 0 Å². The van der Waals surface area contributed by atoms with Crippen LogP contribution < -0.4 is 5.32 Å². The lowest BCUT2D eigenvalue weighted by Gasteiger charge is -2.13. The van der Waals surface area contributed by atoms with Gasteiger partial charge in [-0.1, -0.05) is 24.3 Å². The predicted octanol–water partition coefficient (Wildman–Crippen LogP) is 2.08. The van der Waals surface area contributed by atoms with E-state index in [1.54, 1.807) is 0 Å². The first-order chi connectivity index (χ1) is 8.13. The van der Waals surface area contributed by atoms with Gasteiger partial charge in [-0.3, -0.25) is 4.79 Å². The summed E-state index contributed by atoms with van der Waals surface area (Å²) in [5.74, 6) is -0.166. The van der Waals surface area contributed by atoms with Gasteiger partial charge in [0.2, 0.25) is 0 Å². The van der Waals surface area contributed by atoms with Crippen molar-refractivity contribution in [3.63, 3.8) is 0 Å². The monoisotopic (exact) mass is 235 g/mol. The number of carbonyl (C=O) groups excluding carboxylic acids is 1. The third kappa shape index (κ3) is 5.00. The summed E-state index contributed by atoms with van der Waals surface area (Å²) in [4.78, 5) is 11.0. The van der Waals surface area contributed by atoms with Crippen molar-refractivity contribution < 1.29 is 9.53 Å². The summed E-state index contributed by atoms with van der Waals surface area (Å²) in [5.41, 5.74) is 2.67. The second-order valence-corrected chi connectivity index (χ2v) is 4.31. The Morgan fingerprint density at radius 3 is 2.76 bits per heavy atom. The highest BCUT2D eigenvalue weighted by Gasteiger charge is 2.08. The Balaban J connectivity index is 2.28. The molecule has 0 bridgehead atoms. The maximum absolute atomic E-state index is 11.0. The van der Waals surface area contributed by atoms with Crippen LogP contribution in [0.15, 0.2) is 24.3 Å². The third-order valence-corrected chi connectivity index (χ3v) is 2.85. The van der Waals surface area contributed by atoms with E-state index in [1.165, 1.54) is 18.2 Å². The standard InChI is InChI=1S/C14H21NO2/c1-11-6-4-5-7-13(11)8-9-15-12(2)10-14(16)17-3/h4-7,12,15H,8-10H2,1-3H3. The molecular formula is C14H21NO2. The first kappa shape index (κ1) is 13.7. The molecule has 0 saturated carbocycles. The van der Waals surface area contributed by atoms with Gasteiger partial charge in [0.15, 0.2) is 0 Å². The number of methoxy groups -OCH3 is 1. The molecule has 0 spiro atoms. The van der Waals surface area contributed by atoms with Crippen LogP contribution in [-0.2, 0) is 16.0 Å². The largest absolute Gasteiger partial charge is 0.469 e. The molecule has 1 unspecified atom stereocenters. The maximum atomic E-state index is 11.0. The van der Waals surface area contributed by atoms with E-state index in [-0.39, 0.29) is 12.0 Å². The SMILES string of the molecule is COC(=O)CC(C)NCCc1ccccc1C. The summed E-state index contributed by atoms with van der Waals surface area (Å²) in [6, 6.07) is 8.52. The molecular weight excluding hydrogens is 214 g/mol. The van der Waals surface area contributed by atoms with Gasteiger partial charge in [0, 0.05) is 6.04 Å². The number of esters is 1. The minimum Gasteiger partial charge on any atom is -0.469 e. The molecule has 17 heavy (non-hydrogen) atoms. The Morgan fingerprint density at radius 1 is 1.41 bits per heavy atom. The summed E-state index contributed by atoms with van der Waals surface area (Å²) in [6.07, 6.45) is 1.41. The zero-order valence-electron chi connectivity index (χ0n) is 10.8. The van der Waals surface area contributed by atoms with E-state index in [9.17, 15) is 4.79 Å². The van der Waals surface area contributed by atoms with E-state index < -0.39 is 0 Å². The van der Waals surface area contributed by atoms with Crippen LogP contribution in [0, 0.1) is 6.92 Å². The molecule has 3 nitrogen and oxygen atoms in total. The quantitative estimate of drug-likeness (QED) is 0.767. The van der Waals surface area contributed by atoms with E-state index >= 15 is 0 Å². The van der Waals surface area contributed by atoms with E-state index in [0.717, 1.165) is 13.0 Å². The van der Waals surface area contributed by atoms with Crippen molar-refractivity contribution in [2.24, 2.45) is 0 Å². The molecule has 1 N–H and O–H groups in total. The van der Waals surface area contributed by atoms with Crippen LogP contribution in [-0.4, -0.2) is 25.7 Å². The molecule has 1 rings (SSSR count). The normalized spacial score (nSPS) is 12.2. The molecule has 0 radical (unpaired) electrons. The van der Waals surface area contributed by atoms with Crippen LogP contribution in [0.3, 0.4) is 0 Å². The second-order valence-electron chi connectivity index (χ2n) is 4.31. The molecule has 1 aromatic rings. The lowest BCUT2D eigenvalue weighted by atomic mass is 10.1. The number of rotatable bonds is 6. The summed E-state index contributed by atoms with van der Waals surface area (Å²) in [6.45, 7) is 4.99. The fraction of sp³-hybridized carbons (Fsp3) is 0.500. The first-order valence-corrected chi connectivity index (χ1v) is 5.98. The van der Waals surface area contributed by atoms with Crippen LogP contribution in [0.4, 0.5) is 0 Å². The molecule has 94 valence electrons. The van der Waals surface area contributed by atoms with Gasteiger partial charge < -0.3 is 10.1 Å². The van der Waals surface area contributed by atoms with Crippen LogP contribution in [0.2, 0.25) is 0 Å². The zero-order chi connectivity index (χ0) is 12.7. The van der Waals surface area contributed by atoms with Gasteiger partial charge in [0.05, 0.1) is 13.5 Å². The molecule has 0 aliphatic heterocycles. The van der Waals surface area contributed by atoms with Crippen molar-refractivity contribution in [2.75, 3.05) is 13.7 Å². The van der Waals surface area contributed by atoms with Crippen molar-refractivity contribution in [1.29, 1.82) is 0 Å². The molecule has 1 aromatic carbocycles. The Hall–Kier alpha value is -1.35. The maximum Gasteiger partial charge on any atom is 0.307 e. The Bertz CT molecular complexity index is 363. The van der Waals surface area contributed by atoms with Crippen molar-refractivity contribution in [3.8, 4) is 0 Å². The average molecular weight is 235 g/mol. The Kier molecular flexibility index (Phi) is 5.70. The average Bonchev–Trinajstić information content (AvgIpc) is 2.31. The van der Waals surface area contributed by atoms with Crippen LogP contribution >= 0.6 is 0 Å². The number of hydrogen-bond acceptors (Lipinski definition) is 3. The van der Waals surface area contributed by atoms with Crippen LogP contribution in [0.1, 0.15) is 24.5 Å². The summed E-state index contributed by atoms with van der Waals surface area (Å²) >= 11 is 0.